The Labute approximate surface area is 115 Å². The lowest BCUT2D eigenvalue weighted by atomic mass is 10.1. The molecule has 2 atom stereocenters. The fourth-order valence-electron chi connectivity index (χ4n) is 2.67. The smallest absolute Gasteiger partial charge is 0.185 e. The van der Waals surface area contributed by atoms with Gasteiger partial charge in [-0.25, -0.2) is 4.98 Å². The average Bonchev–Trinajstić information content (AvgIpc) is 2.95. The monoisotopic (exact) mass is 267 g/mol. The van der Waals surface area contributed by atoms with Gasteiger partial charge in [-0.15, -0.1) is 11.3 Å². The van der Waals surface area contributed by atoms with Crippen LogP contribution in [-0.2, 0) is 0 Å². The quantitative estimate of drug-likeness (QED) is 0.886. The Morgan fingerprint density at radius 3 is 2.89 bits per heavy atom. The third kappa shape index (κ3) is 2.86. The molecule has 2 heterocycles. The fourth-order valence-corrected chi connectivity index (χ4v) is 3.80. The van der Waals surface area contributed by atoms with Crippen LogP contribution in [0.3, 0.4) is 0 Å². The van der Waals surface area contributed by atoms with Crippen LogP contribution in [0.5, 0.6) is 0 Å². The Hall–Kier alpha value is -0.610. The average molecular weight is 267 g/mol. The molecule has 3 nitrogen and oxygen atoms in total. The molecule has 18 heavy (non-hydrogen) atoms. The van der Waals surface area contributed by atoms with E-state index in [1.165, 1.54) is 41.6 Å². The van der Waals surface area contributed by atoms with Gasteiger partial charge in [0.2, 0.25) is 0 Å². The lowest BCUT2D eigenvalue weighted by Gasteiger charge is -2.14. The molecule has 0 aromatic carbocycles. The van der Waals surface area contributed by atoms with Gasteiger partial charge in [0.05, 0.1) is 5.69 Å². The van der Waals surface area contributed by atoms with Gasteiger partial charge in [0.15, 0.2) is 5.13 Å². The van der Waals surface area contributed by atoms with Crippen molar-refractivity contribution in [3.05, 3.63) is 10.6 Å². The molecule has 1 aromatic rings. The predicted molar refractivity (Wildman–Crippen MR) is 79.6 cm³/mol. The Bertz CT molecular complexity index is 388. The van der Waals surface area contributed by atoms with Crippen molar-refractivity contribution in [2.75, 3.05) is 24.5 Å². The molecule has 0 saturated carbocycles. The number of hydrogen-bond donors (Lipinski definition) is 1. The third-order valence-electron chi connectivity index (χ3n) is 3.86. The van der Waals surface area contributed by atoms with Crippen LogP contribution in [0.25, 0.3) is 0 Å². The maximum atomic E-state index is 4.77. The van der Waals surface area contributed by atoms with Gasteiger partial charge in [0.1, 0.15) is 0 Å². The zero-order chi connectivity index (χ0) is 13.1. The summed E-state index contributed by atoms with van der Waals surface area (Å²) in [6.45, 7) is 12.2. The molecule has 1 aliphatic rings. The molecule has 1 aromatic heterocycles. The summed E-state index contributed by atoms with van der Waals surface area (Å²) in [6.07, 6.45) is 2.62. The molecular weight excluding hydrogens is 242 g/mol. The topological polar surface area (TPSA) is 28.2 Å². The van der Waals surface area contributed by atoms with Gasteiger partial charge in [0, 0.05) is 24.0 Å². The maximum absolute atomic E-state index is 4.77. The van der Waals surface area contributed by atoms with E-state index >= 15 is 0 Å². The van der Waals surface area contributed by atoms with Gasteiger partial charge in [-0.05, 0) is 32.7 Å². The lowest BCUT2D eigenvalue weighted by Crippen LogP contribution is -2.19. The second-order valence-electron chi connectivity index (χ2n) is 5.23. The van der Waals surface area contributed by atoms with E-state index in [0.29, 0.717) is 6.04 Å². The number of nitrogens with one attached hydrogen (secondary N) is 1. The van der Waals surface area contributed by atoms with E-state index < -0.39 is 0 Å². The third-order valence-corrected chi connectivity index (χ3v) is 5.26. The second kappa shape index (κ2) is 6.02. The first-order valence-electron chi connectivity index (χ1n) is 7.11. The van der Waals surface area contributed by atoms with Gasteiger partial charge in [-0.2, -0.15) is 0 Å². The molecule has 2 rings (SSSR count). The van der Waals surface area contributed by atoms with E-state index in [1.807, 2.05) is 11.3 Å². The Morgan fingerprint density at radius 2 is 2.28 bits per heavy atom. The summed E-state index contributed by atoms with van der Waals surface area (Å²) < 4.78 is 0. The van der Waals surface area contributed by atoms with E-state index in [4.69, 9.17) is 4.98 Å². The highest BCUT2D eigenvalue weighted by molar-refractivity contribution is 7.15. The number of rotatable bonds is 5. The highest BCUT2D eigenvalue weighted by Crippen LogP contribution is 2.33. The van der Waals surface area contributed by atoms with Crippen LogP contribution >= 0.6 is 11.3 Å². The summed E-state index contributed by atoms with van der Waals surface area (Å²) in [6, 6.07) is 0.422. The van der Waals surface area contributed by atoms with Crippen molar-refractivity contribution < 1.29 is 0 Å². The Balaban J connectivity index is 2.09. The van der Waals surface area contributed by atoms with Crippen molar-refractivity contribution in [1.82, 2.24) is 10.3 Å². The van der Waals surface area contributed by atoms with Gasteiger partial charge < -0.3 is 10.2 Å². The minimum absolute atomic E-state index is 0.422. The molecule has 4 heteroatoms. The summed E-state index contributed by atoms with van der Waals surface area (Å²) in [5.74, 6) is 0.865. The van der Waals surface area contributed by atoms with E-state index in [9.17, 15) is 0 Å². The molecule has 1 N–H and O–H groups in total. The van der Waals surface area contributed by atoms with Crippen molar-refractivity contribution in [2.45, 2.75) is 46.6 Å². The van der Waals surface area contributed by atoms with E-state index in [2.05, 4.69) is 37.9 Å². The van der Waals surface area contributed by atoms with Crippen LogP contribution in [0, 0.1) is 12.8 Å². The minimum Gasteiger partial charge on any atom is -0.348 e. The molecule has 1 aliphatic heterocycles. The zero-order valence-electron chi connectivity index (χ0n) is 12.0. The summed E-state index contributed by atoms with van der Waals surface area (Å²) in [5.41, 5.74) is 1.20. The van der Waals surface area contributed by atoms with E-state index in [0.717, 1.165) is 12.5 Å². The van der Waals surface area contributed by atoms with E-state index in [-0.39, 0.29) is 0 Å². The molecule has 102 valence electrons. The van der Waals surface area contributed by atoms with Crippen molar-refractivity contribution in [3.63, 3.8) is 0 Å². The summed E-state index contributed by atoms with van der Waals surface area (Å²) in [5, 5.41) is 4.70. The molecule has 0 spiro atoms. The van der Waals surface area contributed by atoms with Crippen molar-refractivity contribution in [2.24, 2.45) is 5.92 Å². The number of hydrogen-bond acceptors (Lipinski definition) is 4. The molecule has 0 radical (unpaired) electrons. The molecule has 2 unspecified atom stereocenters. The summed E-state index contributed by atoms with van der Waals surface area (Å²) >= 11 is 1.87. The van der Waals surface area contributed by atoms with Gasteiger partial charge in [-0.3, -0.25) is 0 Å². The van der Waals surface area contributed by atoms with Gasteiger partial charge in [0.25, 0.3) is 0 Å². The van der Waals surface area contributed by atoms with Crippen LogP contribution in [0.1, 0.15) is 50.2 Å². The molecule has 1 fully saturated rings. The van der Waals surface area contributed by atoms with Crippen molar-refractivity contribution >= 4 is 16.5 Å². The first kappa shape index (κ1) is 13.8. The lowest BCUT2D eigenvalue weighted by molar-refractivity contribution is 0.569. The van der Waals surface area contributed by atoms with Crippen LogP contribution in [0.2, 0.25) is 0 Å². The number of aromatic nitrogens is 1. The molecule has 0 bridgehead atoms. The van der Waals surface area contributed by atoms with Crippen LogP contribution in [0.4, 0.5) is 5.13 Å². The normalized spacial score (nSPS) is 21.6. The highest BCUT2D eigenvalue weighted by atomic mass is 32.1. The predicted octanol–water partition coefficient (Wildman–Crippen LogP) is 3.36. The number of thiazole rings is 1. The van der Waals surface area contributed by atoms with Crippen LogP contribution in [-0.4, -0.2) is 24.6 Å². The second-order valence-corrected chi connectivity index (χ2v) is 6.24. The Kier molecular flexibility index (Phi) is 4.62. The maximum Gasteiger partial charge on any atom is 0.185 e. The molecule has 0 amide bonds. The largest absolute Gasteiger partial charge is 0.348 e. The summed E-state index contributed by atoms with van der Waals surface area (Å²) in [7, 11) is 0. The highest BCUT2D eigenvalue weighted by Gasteiger charge is 2.24. The zero-order valence-corrected chi connectivity index (χ0v) is 12.8. The van der Waals surface area contributed by atoms with Crippen molar-refractivity contribution in [3.8, 4) is 0 Å². The number of anilines is 1. The van der Waals surface area contributed by atoms with Crippen LogP contribution in [0.15, 0.2) is 0 Å². The summed E-state index contributed by atoms with van der Waals surface area (Å²) in [4.78, 5) is 8.63. The minimum atomic E-state index is 0.422. The van der Waals surface area contributed by atoms with Crippen LogP contribution < -0.4 is 10.2 Å². The molecule has 0 aliphatic carbocycles. The van der Waals surface area contributed by atoms with Gasteiger partial charge >= 0.3 is 0 Å². The Morgan fingerprint density at radius 1 is 1.50 bits per heavy atom. The fraction of sp³-hybridized carbons (Fsp3) is 0.786. The molecule has 1 saturated heterocycles. The standard InChI is InChI=1S/C14H25N3S/c1-5-12-7-8-17(9-12)14-16-11(4)13(18-14)10(3)15-6-2/h10,12,15H,5-9H2,1-4H3. The van der Waals surface area contributed by atoms with E-state index in [1.54, 1.807) is 0 Å². The molecular formula is C14H25N3S. The van der Waals surface area contributed by atoms with Gasteiger partial charge in [-0.1, -0.05) is 20.3 Å². The number of aryl methyl sites for hydroxylation is 1. The first-order valence-corrected chi connectivity index (χ1v) is 7.93. The first-order chi connectivity index (χ1) is 8.65. The van der Waals surface area contributed by atoms with Crippen molar-refractivity contribution in [1.29, 1.82) is 0 Å². The number of nitrogens with zero attached hydrogens (tertiary/aromatic N) is 2. The SMILES string of the molecule is CCNC(C)c1sc(N2CCC(CC)C2)nc1C.